The molecule has 1 saturated carbocycles. The summed E-state index contributed by atoms with van der Waals surface area (Å²) in [4.78, 5) is 8.88. The van der Waals surface area contributed by atoms with Crippen LogP contribution >= 0.6 is 11.3 Å². The number of aliphatic hydroxyl groups is 1. The molecule has 0 amide bonds. The monoisotopic (exact) mass is 275 g/mol. The lowest BCUT2D eigenvalue weighted by atomic mass is 9.82. The number of thiazole rings is 1. The molecule has 0 aromatic carbocycles. The van der Waals surface area contributed by atoms with Crippen molar-refractivity contribution in [3.63, 3.8) is 0 Å². The normalized spacial score (nSPS) is 22.2. The molecule has 100 valence electrons. The van der Waals surface area contributed by atoms with Gasteiger partial charge < -0.3 is 10.4 Å². The molecule has 1 aliphatic rings. The number of hydrogen-bond donors (Lipinski definition) is 2. The van der Waals surface area contributed by atoms with Crippen LogP contribution in [0.15, 0.2) is 29.8 Å². The Hall–Kier alpha value is -1.30. The van der Waals surface area contributed by atoms with Gasteiger partial charge >= 0.3 is 0 Å². The molecule has 1 fully saturated rings. The number of aliphatic hydroxyl groups excluding tert-OH is 1. The van der Waals surface area contributed by atoms with Crippen LogP contribution in [-0.4, -0.2) is 27.7 Å². The topological polar surface area (TPSA) is 58.0 Å². The quantitative estimate of drug-likeness (QED) is 0.877. The maximum absolute atomic E-state index is 9.22. The summed E-state index contributed by atoms with van der Waals surface area (Å²) in [6.07, 6.45) is 3.59. The molecule has 0 saturated heterocycles. The van der Waals surface area contributed by atoms with Crippen molar-refractivity contribution in [2.24, 2.45) is 5.92 Å². The van der Waals surface area contributed by atoms with Crippen molar-refractivity contribution in [2.75, 3.05) is 6.54 Å². The van der Waals surface area contributed by atoms with Crippen molar-refractivity contribution in [2.45, 2.75) is 25.5 Å². The van der Waals surface area contributed by atoms with Gasteiger partial charge in [-0.1, -0.05) is 6.07 Å². The molecule has 0 bridgehead atoms. The molecule has 2 N–H and O–H groups in total. The second-order valence-corrected chi connectivity index (χ2v) is 5.84. The first-order valence-corrected chi connectivity index (χ1v) is 7.44. The molecule has 0 spiro atoms. The maximum Gasteiger partial charge on any atom is 0.142 e. The van der Waals surface area contributed by atoms with E-state index in [0.29, 0.717) is 5.92 Å². The molecule has 0 radical (unpaired) electrons. The van der Waals surface area contributed by atoms with Gasteiger partial charge in [0.05, 0.1) is 17.5 Å². The van der Waals surface area contributed by atoms with E-state index in [-0.39, 0.29) is 6.10 Å². The predicted octanol–water partition coefficient (Wildman–Crippen LogP) is 2.07. The van der Waals surface area contributed by atoms with E-state index >= 15 is 0 Å². The third kappa shape index (κ3) is 3.18. The number of pyridine rings is 1. The summed E-state index contributed by atoms with van der Waals surface area (Å²) in [6, 6.07) is 5.86. The van der Waals surface area contributed by atoms with Crippen LogP contribution in [0.4, 0.5) is 0 Å². The molecule has 5 heteroatoms. The fourth-order valence-electron chi connectivity index (χ4n) is 2.27. The minimum Gasteiger partial charge on any atom is -0.393 e. The van der Waals surface area contributed by atoms with Gasteiger partial charge in [0.15, 0.2) is 0 Å². The Kier molecular flexibility index (Phi) is 3.87. The molecule has 0 unspecified atom stereocenters. The highest BCUT2D eigenvalue weighted by molar-refractivity contribution is 7.13. The summed E-state index contributed by atoms with van der Waals surface area (Å²) in [7, 11) is 0. The van der Waals surface area contributed by atoms with Gasteiger partial charge in [0.25, 0.3) is 0 Å². The molecule has 2 heterocycles. The minimum absolute atomic E-state index is 0.0677. The van der Waals surface area contributed by atoms with Crippen molar-refractivity contribution >= 4 is 11.3 Å². The fraction of sp³-hybridized carbons (Fsp3) is 0.429. The molecule has 3 rings (SSSR count). The van der Waals surface area contributed by atoms with Crippen LogP contribution in [0.2, 0.25) is 0 Å². The van der Waals surface area contributed by atoms with E-state index < -0.39 is 0 Å². The SMILES string of the molecule is OC1CC(CNCc2csc(-c3ccccn3)n2)C1. The molecular weight excluding hydrogens is 258 g/mol. The molecular formula is C14H17N3OS. The standard InChI is InChI=1S/C14H17N3OS/c18-12-5-10(6-12)7-15-8-11-9-19-14(17-11)13-3-1-2-4-16-13/h1-4,9-10,12,15,18H,5-8H2. The number of nitrogens with zero attached hydrogens (tertiary/aromatic N) is 2. The summed E-state index contributed by atoms with van der Waals surface area (Å²) in [5, 5.41) is 15.7. The minimum atomic E-state index is -0.0677. The lowest BCUT2D eigenvalue weighted by Gasteiger charge is -2.31. The molecule has 19 heavy (non-hydrogen) atoms. The van der Waals surface area contributed by atoms with Crippen LogP contribution in [-0.2, 0) is 6.54 Å². The first kappa shape index (κ1) is 12.7. The Morgan fingerprint density at radius 2 is 2.26 bits per heavy atom. The Balaban J connectivity index is 1.51. The Bertz CT molecular complexity index is 522. The Labute approximate surface area is 116 Å². The number of aromatic nitrogens is 2. The van der Waals surface area contributed by atoms with Gasteiger partial charge in [-0.05, 0) is 37.4 Å². The Morgan fingerprint density at radius 1 is 1.37 bits per heavy atom. The van der Waals surface area contributed by atoms with Crippen molar-refractivity contribution in [3.8, 4) is 10.7 Å². The first-order chi connectivity index (χ1) is 9.31. The molecule has 2 aromatic heterocycles. The molecule has 0 atom stereocenters. The number of hydrogen-bond acceptors (Lipinski definition) is 5. The first-order valence-electron chi connectivity index (χ1n) is 6.56. The van der Waals surface area contributed by atoms with E-state index in [1.54, 1.807) is 17.5 Å². The molecule has 4 nitrogen and oxygen atoms in total. The average Bonchev–Trinajstić information content (AvgIpc) is 2.86. The van der Waals surface area contributed by atoms with Crippen molar-refractivity contribution in [1.82, 2.24) is 15.3 Å². The van der Waals surface area contributed by atoms with Crippen LogP contribution in [0, 0.1) is 5.92 Å². The third-order valence-corrected chi connectivity index (χ3v) is 4.30. The zero-order valence-electron chi connectivity index (χ0n) is 10.6. The lowest BCUT2D eigenvalue weighted by molar-refractivity contribution is 0.0429. The van der Waals surface area contributed by atoms with E-state index in [0.717, 1.165) is 42.3 Å². The van der Waals surface area contributed by atoms with Gasteiger partial charge in [0.1, 0.15) is 5.01 Å². The van der Waals surface area contributed by atoms with Gasteiger partial charge in [-0.2, -0.15) is 0 Å². The highest BCUT2D eigenvalue weighted by Gasteiger charge is 2.26. The summed E-state index contributed by atoms with van der Waals surface area (Å²) in [6.45, 7) is 1.75. The second-order valence-electron chi connectivity index (χ2n) is 4.98. The van der Waals surface area contributed by atoms with E-state index in [1.165, 1.54) is 0 Å². The van der Waals surface area contributed by atoms with E-state index in [2.05, 4.69) is 20.7 Å². The van der Waals surface area contributed by atoms with Crippen molar-refractivity contribution in [1.29, 1.82) is 0 Å². The van der Waals surface area contributed by atoms with E-state index in [9.17, 15) is 5.11 Å². The van der Waals surface area contributed by atoms with Gasteiger partial charge in [0.2, 0.25) is 0 Å². The third-order valence-electron chi connectivity index (χ3n) is 3.39. The van der Waals surface area contributed by atoms with Gasteiger partial charge in [-0.15, -0.1) is 11.3 Å². The Morgan fingerprint density at radius 3 is 3.00 bits per heavy atom. The molecule has 1 aliphatic carbocycles. The lowest BCUT2D eigenvalue weighted by Crippen LogP contribution is -2.35. The van der Waals surface area contributed by atoms with E-state index in [1.807, 2.05) is 18.2 Å². The van der Waals surface area contributed by atoms with Crippen LogP contribution in [0.25, 0.3) is 10.7 Å². The van der Waals surface area contributed by atoms with Gasteiger partial charge in [0, 0.05) is 18.1 Å². The zero-order chi connectivity index (χ0) is 13.1. The number of nitrogens with one attached hydrogen (secondary N) is 1. The molecule has 0 aliphatic heterocycles. The van der Waals surface area contributed by atoms with Crippen LogP contribution in [0.3, 0.4) is 0 Å². The summed E-state index contributed by atoms with van der Waals surface area (Å²) in [5.41, 5.74) is 1.99. The molecule has 2 aromatic rings. The van der Waals surface area contributed by atoms with Crippen LogP contribution in [0.5, 0.6) is 0 Å². The van der Waals surface area contributed by atoms with Gasteiger partial charge in [-0.3, -0.25) is 4.98 Å². The second kappa shape index (κ2) is 5.77. The maximum atomic E-state index is 9.22. The summed E-state index contributed by atoms with van der Waals surface area (Å²) < 4.78 is 0. The van der Waals surface area contributed by atoms with Crippen LogP contribution in [0.1, 0.15) is 18.5 Å². The van der Waals surface area contributed by atoms with Crippen molar-refractivity contribution < 1.29 is 5.11 Å². The smallest absolute Gasteiger partial charge is 0.142 e. The largest absolute Gasteiger partial charge is 0.393 e. The highest BCUT2D eigenvalue weighted by Crippen LogP contribution is 2.26. The fourth-order valence-corrected chi connectivity index (χ4v) is 3.06. The van der Waals surface area contributed by atoms with E-state index in [4.69, 9.17) is 0 Å². The summed E-state index contributed by atoms with van der Waals surface area (Å²) in [5.74, 6) is 0.629. The summed E-state index contributed by atoms with van der Waals surface area (Å²) >= 11 is 1.63. The predicted molar refractivity (Wildman–Crippen MR) is 75.8 cm³/mol. The average molecular weight is 275 g/mol. The number of rotatable bonds is 5. The van der Waals surface area contributed by atoms with Crippen LogP contribution < -0.4 is 5.32 Å². The zero-order valence-corrected chi connectivity index (χ0v) is 11.4. The highest BCUT2D eigenvalue weighted by atomic mass is 32.1. The van der Waals surface area contributed by atoms with Crippen molar-refractivity contribution in [3.05, 3.63) is 35.5 Å². The van der Waals surface area contributed by atoms with Gasteiger partial charge in [-0.25, -0.2) is 4.98 Å².